The number of carboxylic acid groups (broad SMARTS) is 1. The molecule has 3 unspecified atom stereocenters. The summed E-state index contributed by atoms with van der Waals surface area (Å²) in [5, 5.41) is 25.3. The number of nitrogens with zero attached hydrogens (tertiary/aromatic N) is 1. The number of carbonyl (C=O) groups is 4. The van der Waals surface area contributed by atoms with E-state index in [-0.39, 0.29) is 18.8 Å². The number of hydrogen-bond donors (Lipinski definition) is 7. The number of nitrogens with two attached hydrogens (primary N) is 1. The van der Waals surface area contributed by atoms with Gasteiger partial charge >= 0.3 is 5.97 Å². The molecular formula is C17H28N6O6. The third kappa shape index (κ3) is 8.70. The van der Waals surface area contributed by atoms with Gasteiger partial charge in [0.2, 0.25) is 17.7 Å². The smallest absolute Gasteiger partial charge is 0.326 e. The number of rotatable bonds is 12. The maximum atomic E-state index is 12.5. The summed E-state index contributed by atoms with van der Waals surface area (Å²) in [4.78, 5) is 54.2. The molecule has 0 aliphatic heterocycles. The van der Waals surface area contributed by atoms with Gasteiger partial charge in [-0.1, -0.05) is 13.8 Å². The molecule has 1 aromatic heterocycles. The number of amides is 3. The number of nitrogens with one attached hydrogen (secondary N) is 4. The van der Waals surface area contributed by atoms with Gasteiger partial charge in [0.1, 0.15) is 18.1 Å². The quantitative estimate of drug-likeness (QED) is 0.195. The monoisotopic (exact) mass is 412 g/mol. The van der Waals surface area contributed by atoms with Crippen molar-refractivity contribution in [3.63, 3.8) is 0 Å². The SMILES string of the molecule is CC(C)CC(NC(=O)CNC(=O)C(Cc1cnc[nH]1)NC(=O)C(N)CO)C(=O)O. The Bertz CT molecular complexity index is 693. The lowest BCUT2D eigenvalue weighted by atomic mass is 10.0. The Balaban J connectivity index is 2.69. The Kier molecular flexibility index (Phi) is 9.75. The van der Waals surface area contributed by atoms with Crippen LogP contribution in [-0.4, -0.2) is 75.1 Å². The predicted molar refractivity (Wildman–Crippen MR) is 101 cm³/mol. The van der Waals surface area contributed by atoms with Crippen molar-refractivity contribution in [1.82, 2.24) is 25.9 Å². The molecule has 0 aliphatic carbocycles. The summed E-state index contributed by atoms with van der Waals surface area (Å²) < 4.78 is 0. The highest BCUT2D eigenvalue weighted by Gasteiger charge is 2.26. The number of H-pyrrole nitrogens is 1. The average molecular weight is 412 g/mol. The number of hydrogen-bond acceptors (Lipinski definition) is 7. The van der Waals surface area contributed by atoms with Crippen molar-refractivity contribution in [1.29, 1.82) is 0 Å². The van der Waals surface area contributed by atoms with E-state index in [0.717, 1.165) is 0 Å². The van der Waals surface area contributed by atoms with Gasteiger partial charge < -0.3 is 36.9 Å². The first kappa shape index (κ1) is 24.0. The summed E-state index contributed by atoms with van der Waals surface area (Å²) >= 11 is 0. The van der Waals surface area contributed by atoms with Crippen LogP contribution in [0.1, 0.15) is 26.0 Å². The summed E-state index contributed by atoms with van der Waals surface area (Å²) in [6.45, 7) is 2.58. The molecule has 0 saturated heterocycles. The molecule has 8 N–H and O–H groups in total. The third-order valence-electron chi connectivity index (χ3n) is 3.91. The van der Waals surface area contributed by atoms with E-state index in [1.807, 2.05) is 13.8 Å². The van der Waals surface area contributed by atoms with Crippen molar-refractivity contribution in [2.24, 2.45) is 11.7 Å². The average Bonchev–Trinajstić information content (AvgIpc) is 3.16. The lowest BCUT2D eigenvalue weighted by Crippen LogP contribution is -2.55. The van der Waals surface area contributed by atoms with Crippen LogP contribution in [-0.2, 0) is 25.6 Å². The highest BCUT2D eigenvalue weighted by atomic mass is 16.4. The Morgan fingerprint density at radius 1 is 1.17 bits per heavy atom. The van der Waals surface area contributed by atoms with Gasteiger partial charge in [0.25, 0.3) is 0 Å². The van der Waals surface area contributed by atoms with Gasteiger partial charge in [0.05, 0.1) is 19.5 Å². The van der Waals surface area contributed by atoms with Crippen LogP contribution in [0.2, 0.25) is 0 Å². The van der Waals surface area contributed by atoms with Gasteiger partial charge in [-0.2, -0.15) is 0 Å². The Morgan fingerprint density at radius 2 is 1.86 bits per heavy atom. The molecule has 3 atom stereocenters. The van der Waals surface area contributed by atoms with Crippen molar-refractivity contribution in [2.45, 2.75) is 44.8 Å². The van der Waals surface area contributed by atoms with Crippen LogP contribution in [0.5, 0.6) is 0 Å². The van der Waals surface area contributed by atoms with Gasteiger partial charge in [0.15, 0.2) is 0 Å². The minimum absolute atomic E-state index is 0.0441. The second kappa shape index (κ2) is 11.8. The standard InChI is InChI=1S/C17H28N6O6/c1-9(2)3-13(17(28)29)22-14(25)6-20-16(27)12(4-10-5-19-8-21-10)23-15(26)11(18)7-24/h5,8-9,11-13,24H,3-4,6-7,18H2,1-2H3,(H,19,21)(H,20,27)(H,22,25)(H,23,26)(H,28,29). The molecule has 1 rings (SSSR count). The topological polar surface area (TPSA) is 200 Å². The van der Waals surface area contributed by atoms with Crippen LogP contribution in [0.15, 0.2) is 12.5 Å². The number of aliphatic hydroxyl groups excluding tert-OH is 1. The largest absolute Gasteiger partial charge is 0.480 e. The summed E-state index contributed by atoms with van der Waals surface area (Å²) in [5.41, 5.74) is 6.00. The van der Waals surface area contributed by atoms with E-state index >= 15 is 0 Å². The van der Waals surface area contributed by atoms with E-state index in [1.54, 1.807) is 0 Å². The van der Waals surface area contributed by atoms with E-state index in [9.17, 15) is 19.2 Å². The molecule has 0 aromatic carbocycles. The molecule has 0 radical (unpaired) electrons. The Morgan fingerprint density at radius 3 is 2.38 bits per heavy atom. The number of carboxylic acids is 1. The molecule has 0 saturated carbocycles. The molecule has 12 heteroatoms. The number of carbonyl (C=O) groups excluding carboxylic acids is 3. The molecule has 29 heavy (non-hydrogen) atoms. The lowest BCUT2D eigenvalue weighted by Gasteiger charge is -2.20. The number of aliphatic hydroxyl groups is 1. The number of imidazole rings is 1. The fourth-order valence-electron chi connectivity index (χ4n) is 2.42. The number of aromatic nitrogens is 2. The van der Waals surface area contributed by atoms with Crippen LogP contribution < -0.4 is 21.7 Å². The van der Waals surface area contributed by atoms with Crippen molar-refractivity contribution < 1.29 is 29.4 Å². The fourth-order valence-corrected chi connectivity index (χ4v) is 2.42. The van der Waals surface area contributed by atoms with Gasteiger partial charge in [-0.15, -0.1) is 0 Å². The molecule has 1 heterocycles. The predicted octanol–water partition coefficient (Wildman–Crippen LogP) is -2.51. The molecule has 12 nitrogen and oxygen atoms in total. The van der Waals surface area contributed by atoms with E-state index in [0.29, 0.717) is 5.69 Å². The van der Waals surface area contributed by atoms with Crippen LogP contribution in [0.25, 0.3) is 0 Å². The van der Waals surface area contributed by atoms with Gasteiger partial charge in [-0.3, -0.25) is 14.4 Å². The maximum Gasteiger partial charge on any atom is 0.326 e. The van der Waals surface area contributed by atoms with Crippen LogP contribution in [0.4, 0.5) is 0 Å². The van der Waals surface area contributed by atoms with Crippen LogP contribution in [0.3, 0.4) is 0 Å². The first-order valence-electron chi connectivity index (χ1n) is 9.08. The van der Waals surface area contributed by atoms with Crippen molar-refractivity contribution in [2.75, 3.05) is 13.2 Å². The second-order valence-electron chi connectivity index (χ2n) is 6.94. The van der Waals surface area contributed by atoms with E-state index in [4.69, 9.17) is 15.9 Å². The third-order valence-corrected chi connectivity index (χ3v) is 3.91. The van der Waals surface area contributed by atoms with E-state index in [1.165, 1.54) is 12.5 Å². The first-order valence-corrected chi connectivity index (χ1v) is 9.08. The molecule has 0 spiro atoms. The van der Waals surface area contributed by atoms with Gasteiger partial charge in [-0.05, 0) is 12.3 Å². The molecular weight excluding hydrogens is 384 g/mol. The van der Waals surface area contributed by atoms with E-state index in [2.05, 4.69) is 25.9 Å². The zero-order valence-electron chi connectivity index (χ0n) is 16.3. The Labute approximate surface area is 167 Å². The minimum Gasteiger partial charge on any atom is -0.480 e. The van der Waals surface area contributed by atoms with Crippen molar-refractivity contribution >= 4 is 23.7 Å². The molecule has 3 amide bonds. The number of aliphatic carboxylic acids is 1. The number of aromatic amines is 1. The summed E-state index contributed by atoms with van der Waals surface area (Å²) in [7, 11) is 0. The van der Waals surface area contributed by atoms with Crippen LogP contribution in [0, 0.1) is 5.92 Å². The zero-order chi connectivity index (χ0) is 22.0. The maximum absolute atomic E-state index is 12.5. The summed E-state index contributed by atoms with van der Waals surface area (Å²) in [6.07, 6.45) is 3.16. The minimum atomic E-state index is -1.21. The molecule has 162 valence electrons. The van der Waals surface area contributed by atoms with Gasteiger partial charge in [-0.25, -0.2) is 9.78 Å². The zero-order valence-corrected chi connectivity index (χ0v) is 16.3. The molecule has 0 aliphatic rings. The second-order valence-corrected chi connectivity index (χ2v) is 6.94. The molecule has 0 fully saturated rings. The lowest BCUT2D eigenvalue weighted by molar-refractivity contribution is -0.142. The molecule has 0 bridgehead atoms. The van der Waals surface area contributed by atoms with Gasteiger partial charge in [0, 0.05) is 18.3 Å². The van der Waals surface area contributed by atoms with Crippen molar-refractivity contribution in [3.05, 3.63) is 18.2 Å². The van der Waals surface area contributed by atoms with Crippen LogP contribution >= 0.6 is 0 Å². The van der Waals surface area contributed by atoms with E-state index < -0.39 is 55.0 Å². The summed E-state index contributed by atoms with van der Waals surface area (Å²) in [6, 6.07) is -3.36. The highest BCUT2D eigenvalue weighted by Crippen LogP contribution is 2.05. The Hall–Kier alpha value is -2.99. The fraction of sp³-hybridized carbons (Fsp3) is 0.588. The van der Waals surface area contributed by atoms with Crippen molar-refractivity contribution in [3.8, 4) is 0 Å². The normalized spacial score (nSPS) is 14.0. The summed E-state index contributed by atoms with van der Waals surface area (Å²) in [5.74, 6) is -3.20. The first-order chi connectivity index (χ1) is 13.6. The molecule has 1 aromatic rings. The highest BCUT2D eigenvalue weighted by molar-refractivity contribution is 5.92.